The van der Waals surface area contributed by atoms with Gasteiger partial charge >= 0.3 is 0 Å². The fourth-order valence-corrected chi connectivity index (χ4v) is 2.77. The molecule has 18 heavy (non-hydrogen) atoms. The van der Waals surface area contributed by atoms with E-state index in [1.54, 1.807) is 6.08 Å². The molecule has 0 N–H and O–H groups in total. The van der Waals surface area contributed by atoms with Crippen LogP contribution in [0.25, 0.3) is 11.0 Å². The Kier molecular flexibility index (Phi) is 2.39. The lowest BCUT2D eigenvalue weighted by molar-refractivity contribution is 0.255. The van der Waals surface area contributed by atoms with Gasteiger partial charge in [0.1, 0.15) is 16.9 Å². The van der Waals surface area contributed by atoms with Crippen LogP contribution in [0.2, 0.25) is 0 Å². The Hall–Kier alpha value is -1.86. The largest absolute Gasteiger partial charge is 0.461 e. The van der Waals surface area contributed by atoms with E-state index in [0.717, 1.165) is 47.1 Å². The first kappa shape index (κ1) is 11.2. The van der Waals surface area contributed by atoms with Crippen molar-refractivity contribution in [2.24, 2.45) is 4.99 Å². The summed E-state index contributed by atoms with van der Waals surface area (Å²) in [6.07, 6.45) is 4.63. The first-order valence-corrected chi connectivity index (χ1v) is 6.26. The summed E-state index contributed by atoms with van der Waals surface area (Å²) in [4.78, 5) is 14.7. The number of benzene rings is 1. The van der Waals surface area contributed by atoms with Crippen molar-refractivity contribution in [2.75, 3.05) is 0 Å². The molecule has 3 heteroatoms. The van der Waals surface area contributed by atoms with Crippen LogP contribution in [0.3, 0.4) is 0 Å². The molecule has 0 amide bonds. The maximum atomic E-state index is 10.7. The first-order chi connectivity index (χ1) is 8.68. The summed E-state index contributed by atoms with van der Waals surface area (Å²) in [7, 11) is 0. The van der Waals surface area contributed by atoms with E-state index in [0.29, 0.717) is 0 Å². The van der Waals surface area contributed by atoms with Crippen LogP contribution in [0, 0.1) is 13.8 Å². The quantitative estimate of drug-likeness (QED) is 0.593. The summed E-state index contributed by atoms with van der Waals surface area (Å²) in [5, 5.41) is 1.12. The molecule has 3 nitrogen and oxygen atoms in total. The summed E-state index contributed by atoms with van der Waals surface area (Å²) in [6, 6.07) is 6.09. The number of para-hydroxylation sites is 1. The average molecular weight is 241 g/mol. The van der Waals surface area contributed by atoms with Gasteiger partial charge in [0.05, 0.1) is 0 Å². The lowest BCUT2D eigenvalue weighted by atomic mass is 9.72. The van der Waals surface area contributed by atoms with E-state index in [9.17, 15) is 4.79 Å². The normalized spacial score (nSPS) is 17.2. The fraction of sp³-hybridized carbons (Fsp3) is 0.400. The number of aliphatic imine (C=N–C) groups is 1. The minimum absolute atomic E-state index is 0.391. The summed E-state index contributed by atoms with van der Waals surface area (Å²) in [6.45, 7) is 4.02. The Morgan fingerprint density at radius 3 is 2.72 bits per heavy atom. The van der Waals surface area contributed by atoms with Crippen LogP contribution in [0.5, 0.6) is 0 Å². The third kappa shape index (κ3) is 1.37. The monoisotopic (exact) mass is 241 g/mol. The average Bonchev–Trinajstić information content (AvgIpc) is 2.61. The number of fused-ring (bicyclic) bond motifs is 1. The molecular formula is C15H15NO2. The molecule has 0 atom stereocenters. The highest BCUT2D eigenvalue weighted by Gasteiger charge is 2.41. The van der Waals surface area contributed by atoms with Crippen molar-refractivity contribution in [1.82, 2.24) is 0 Å². The van der Waals surface area contributed by atoms with Crippen LogP contribution in [0.15, 0.2) is 27.6 Å². The van der Waals surface area contributed by atoms with E-state index in [2.05, 4.69) is 18.0 Å². The van der Waals surface area contributed by atoms with Crippen LogP contribution in [-0.2, 0) is 10.3 Å². The zero-order chi connectivity index (χ0) is 12.8. The van der Waals surface area contributed by atoms with Gasteiger partial charge in [0, 0.05) is 10.9 Å². The third-order valence-electron chi connectivity index (χ3n) is 4.14. The molecule has 92 valence electrons. The van der Waals surface area contributed by atoms with E-state index in [1.807, 2.05) is 19.1 Å². The molecule has 1 heterocycles. The summed E-state index contributed by atoms with van der Waals surface area (Å²) in [5.41, 5.74) is 2.69. The highest BCUT2D eigenvalue weighted by Crippen LogP contribution is 2.47. The number of nitrogens with zero attached hydrogens (tertiary/aromatic N) is 1. The van der Waals surface area contributed by atoms with E-state index in [4.69, 9.17) is 4.42 Å². The van der Waals surface area contributed by atoms with E-state index >= 15 is 0 Å². The topological polar surface area (TPSA) is 42.6 Å². The SMILES string of the molecule is Cc1oc2c(C3(N=C=O)CCC3)cccc2c1C. The van der Waals surface area contributed by atoms with E-state index in [-0.39, 0.29) is 0 Å². The van der Waals surface area contributed by atoms with Gasteiger partial charge in [-0.2, -0.15) is 4.99 Å². The van der Waals surface area contributed by atoms with Crippen LogP contribution < -0.4 is 0 Å². The number of aryl methyl sites for hydroxylation is 2. The molecule has 1 aliphatic carbocycles. The maximum Gasteiger partial charge on any atom is 0.235 e. The first-order valence-electron chi connectivity index (χ1n) is 6.26. The molecule has 1 aliphatic rings. The number of rotatable bonds is 2. The summed E-state index contributed by atoms with van der Waals surface area (Å²) < 4.78 is 5.87. The smallest absolute Gasteiger partial charge is 0.235 e. The molecule has 0 bridgehead atoms. The molecule has 1 aromatic heterocycles. The van der Waals surface area contributed by atoms with Gasteiger partial charge in [0.15, 0.2) is 0 Å². The summed E-state index contributed by atoms with van der Waals surface area (Å²) in [5.74, 6) is 0.932. The highest BCUT2D eigenvalue weighted by molar-refractivity contribution is 5.85. The van der Waals surface area contributed by atoms with Crippen molar-refractivity contribution in [2.45, 2.75) is 38.6 Å². The molecule has 0 saturated heterocycles. The zero-order valence-electron chi connectivity index (χ0n) is 10.6. The molecule has 3 rings (SSSR count). The number of isocyanates is 1. The van der Waals surface area contributed by atoms with Crippen molar-refractivity contribution >= 4 is 17.0 Å². The van der Waals surface area contributed by atoms with Crippen LogP contribution in [-0.4, -0.2) is 6.08 Å². The van der Waals surface area contributed by atoms with Crippen molar-refractivity contribution in [3.05, 3.63) is 35.1 Å². The molecule has 0 spiro atoms. The second-order valence-corrected chi connectivity index (χ2v) is 5.05. The molecule has 0 aliphatic heterocycles. The molecule has 1 aromatic carbocycles. The number of furan rings is 1. The number of hydrogen-bond acceptors (Lipinski definition) is 3. The highest BCUT2D eigenvalue weighted by atomic mass is 16.3. The van der Waals surface area contributed by atoms with E-state index < -0.39 is 5.54 Å². The molecular weight excluding hydrogens is 226 g/mol. The van der Waals surface area contributed by atoms with Gasteiger partial charge in [-0.3, -0.25) is 0 Å². The molecule has 1 saturated carbocycles. The van der Waals surface area contributed by atoms with Gasteiger partial charge in [-0.15, -0.1) is 0 Å². The lowest BCUT2D eigenvalue weighted by Crippen LogP contribution is -2.31. The van der Waals surface area contributed by atoms with Gasteiger partial charge in [-0.05, 0) is 38.7 Å². The molecule has 0 radical (unpaired) electrons. The molecule has 0 unspecified atom stereocenters. The van der Waals surface area contributed by atoms with Crippen molar-refractivity contribution in [3.63, 3.8) is 0 Å². The van der Waals surface area contributed by atoms with Gasteiger partial charge in [0.25, 0.3) is 0 Å². The van der Waals surface area contributed by atoms with Gasteiger partial charge in [-0.25, -0.2) is 4.79 Å². The Bertz CT molecular complexity index is 658. The van der Waals surface area contributed by atoms with Gasteiger partial charge in [-0.1, -0.05) is 18.2 Å². The number of hydrogen-bond donors (Lipinski definition) is 0. The van der Waals surface area contributed by atoms with Crippen molar-refractivity contribution in [3.8, 4) is 0 Å². The maximum absolute atomic E-state index is 10.7. The predicted molar refractivity (Wildman–Crippen MR) is 69.3 cm³/mol. The molecule has 2 aromatic rings. The Morgan fingerprint density at radius 2 is 2.11 bits per heavy atom. The minimum Gasteiger partial charge on any atom is -0.461 e. The Morgan fingerprint density at radius 1 is 1.33 bits per heavy atom. The lowest BCUT2D eigenvalue weighted by Gasteiger charge is -2.36. The second kappa shape index (κ2) is 3.82. The van der Waals surface area contributed by atoms with Crippen LogP contribution in [0.4, 0.5) is 0 Å². The van der Waals surface area contributed by atoms with Gasteiger partial charge in [0.2, 0.25) is 6.08 Å². The minimum atomic E-state index is -0.391. The van der Waals surface area contributed by atoms with E-state index in [1.165, 1.54) is 0 Å². The Labute approximate surface area is 106 Å². The summed E-state index contributed by atoms with van der Waals surface area (Å²) >= 11 is 0. The van der Waals surface area contributed by atoms with Crippen LogP contribution >= 0.6 is 0 Å². The number of carbonyl (C=O) groups excluding carboxylic acids is 1. The fourth-order valence-electron chi connectivity index (χ4n) is 2.77. The Balaban J connectivity index is 2.29. The van der Waals surface area contributed by atoms with Crippen LogP contribution in [0.1, 0.15) is 36.1 Å². The second-order valence-electron chi connectivity index (χ2n) is 5.05. The third-order valence-corrected chi connectivity index (χ3v) is 4.14. The standard InChI is InChI=1S/C15H15NO2/c1-10-11(2)18-14-12(10)5-3-6-13(14)15(16-9-17)7-4-8-15/h3,5-6H,4,7-8H2,1-2H3. The van der Waals surface area contributed by atoms with Gasteiger partial charge < -0.3 is 4.42 Å². The molecule has 1 fully saturated rings. The predicted octanol–water partition coefficient (Wildman–Crippen LogP) is 3.76. The zero-order valence-corrected chi connectivity index (χ0v) is 10.6. The van der Waals surface area contributed by atoms with Crippen molar-refractivity contribution in [1.29, 1.82) is 0 Å². The van der Waals surface area contributed by atoms with Crippen molar-refractivity contribution < 1.29 is 9.21 Å².